The molecule has 1 saturated heterocycles. The summed E-state index contributed by atoms with van der Waals surface area (Å²) in [5, 5.41) is 2.80. The van der Waals surface area contributed by atoms with Crippen molar-refractivity contribution in [1.82, 2.24) is 9.80 Å². The summed E-state index contributed by atoms with van der Waals surface area (Å²) in [6.07, 6.45) is 0. The molecule has 0 spiro atoms. The highest BCUT2D eigenvalue weighted by Crippen LogP contribution is 2.17. The first-order chi connectivity index (χ1) is 13.4. The number of rotatable bonds is 5. The molecule has 0 atom stereocenters. The van der Waals surface area contributed by atoms with Gasteiger partial charge in [-0.1, -0.05) is 12.1 Å². The standard InChI is InChI=1S/C22H27N3O3/c1-16-11-17(2)13-20(12-16)28-15-21(26)23-19-6-4-5-18(14-19)22(27)25-9-7-24(3)8-10-25/h4-6,11-14H,7-10,15H2,1-3H3,(H,23,26). The number of benzene rings is 2. The fourth-order valence-electron chi connectivity index (χ4n) is 3.28. The zero-order valence-corrected chi connectivity index (χ0v) is 16.7. The molecule has 148 valence electrons. The summed E-state index contributed by atoms with van der Waals surface area (Å²) >= 11 is 0. The Morgan fingerprint density at radius 3 is 2.36 bits per heavy atom. The molecule has 6 nitrogen and oxygen atoms in total. The summed E-state index contributed by atoms with van der Waals surface area (Å²) in [6.45, 7) is 7.08. The van der Waals surface area contributed by atoms with E-state index in [1.165, 1.54) is 0 Å². The summed E-state index contributed by atoms with van der Waals surface area (Å²) in [5.74, 6) is 0.408. The van der Waals surface area contributed by atoms with E-state index < -0.39 is 0 Å². The van der Waals surface area contributed by atoms with Crippen LogP contribution in [0, 0.1) is 13.8 Å². The Bertz CT molecular complexity index is 838. The number of amides is 2. The summed E-state index contributed by atoms with van der Waals surface area (Å²) in [6, 6.07) is 12.9. The van der Waals surface area contributed by atoms with Crippen LogP contribution in [0.2, 0.25) is 0 Å². The molecule has 0 saturated carbocycles. The first-order valence-electron chi connectivity index (χ1n) is 9.49. The smallest absolute Gasteiger partial charge is 0.262 e. The van der Waals surface area contributed by atoms with Gasteiger partial charge in [0.25, 0.3) is 11.8 Å². The summed E-state index contributed by atoms with van der Waals surface area (Å²) < 4.78 is 5.59. The lowest BCUT2D eigenvalue weighted by Gasteiger charge is -2.32. The molecular weight excluding hydrogens is 354 g/mol. The molecule has 2 amide bonds. The molecule has 0 unspecified atom stereocenters. The molecule has 1 N–H and O–H groups in total. The van der Waals surface area contributed by atoms with Gasteiger partial charge in [-0.25, -0.2) is 0 Å². The highest BCUT2D eigenvalue weighted by Gasteiger charge is 2.20. The van der Waals surface area contributed by atoms with Crippen LogP contribution in [0.25, 0.3) is 0 Å². The Labute approximate surface area is 166 Å². The van der Waals surface area contributed by atoms with Crippen LogP contribution in [0.4, 0.5) is 5.69 Å². The summed E-state index contributed by atoms with van der Waals surface area (Å²) in [5.41, 5.74) is 3.35. The molecule has 3 rings (SSSR count). The number of piperazine rings is 1. The highest BCUT2D eigenvalue weighted by atomic mass is 16.5. The van der Waals surface area contributed by atoms with Gasteiger partial charge in [0.15, 0.2) is 6.61 Å². The van der Waals surface area contributed by atoms with Crippen LogP contribution >= 0.6 is 0 Å². The van der Waals surface area contributed by atoms with E-state index in [0.29, 0.717) is 17.0 Å². The minimum Gasteiger partial charge on any atom is -0.484 e. The Morgan fingerprint density at radius 1 is 1.00 bits per heavy atom. The number of ether oxygens (including phenoxy) is 1. The van der Waals surface area contributed by atoms with Crippen molar-refractivity contribution in [1.29, 1.82) is 0 Å². The number of nitrogens with one attached hydrogen (secondary N) is 1. The first kappa shape index (κ1) is 19.9. The van der Waals surface area contributed by atoms with Crippen LogP contribution in [0.5, 0.6) is 5.75 Å². The number of hydrogen-bond acceptors (Lipinski definition) is 4. The number of likely N-dealkylation sites (N-methyl/N-ethyl adjacent to an activating group) is 1. The third kappa shape index (κ3) is 5.33. The number of carbonyl (C=O) groups excluding carboxylic acids is 2. The normalized spacial score (nSPS) is 14.6. The fraction of sp³-hybridized carbons (Fsp3) is 0.364. The fourth-order valence-corrected chi connectivity index (χ4v) is 3.28. The molecule has 2 aromatic rings. The average Bonchev–Trinajstić information content (AvgIpc) is 2.66. The molecule has 6 heteroatoms. The van der Waals surface area contributed by atoms with Gasteiger partial charge in [-0.05, 0) is 62.4 Å². The molecule has 0 aromatic heterocycles. The number of carbonyl (C=O) groups is 2. The molecule has 2 aromatic carbocycles. The van der Waals surface area contributed by atoms with E-state index in [0.717, 1.165) is 37.3 Å². The average molecular weight is 381 g/mol. The van der Waals surface area contributed by atoms with Crippen molar-refractivity contribution < 1.29 is 14.3 Å². The van der Waals surface area contributed by atoms with Crippen molar-refractivity contribution in [2.75, 3.05) is 45.2 Å². The van der Waals surface area contributed by atoms with E-state index in [4.69, 9.17) is 4.74 Å². The molecule has 0 bridgehead atoms. The second-order valence-electron chi connectivity index (χ2n) is 7.34. The van der Waals surface area contributed by atoms with E-state index in [1.807, 2.05) is 30.9 Å². The monoisotopic (exact) mass is 381 g/mol. The Hall–Kier alpha value is -2.86. The molecule has 0 aliphatic carbocycles. The van der Waals surface area contributed by atoms with Crippen molar-refractivity contribution in [2.45, 2.75) is 13.8 Å². The van der Waals surface area contributed by atoms with Crippen molar-refractivity contribution in [3.05, 3.63) is 59.2 Å². The zero-order chi connectivity index (χ0) is 20.1. The number of hydrogen-bond donors (Lipinski definition) is 1. The van der Waals surface area contributed by atoms with Crippen LogP contribution in [0.1, 0.15) is 21.5 Å². The Kier molecular flexibility index (Phi) is 6.31. The van der Waals surface area contributed by atoms with Gasteiger partial charge in [-0.15, -0.1) is 0 Å². The van der Waals surface area contributed by atoms with E-state index in [1.54, 1.807) is 24.3 Å². The minimum atomic E-state index is -0.261. The van der Waals surface area contributed by atoms with Gasteiger partial charge in [-0.2, -0.15) is 0 Å². The topological polar surface area (TPSA) is 61.9 Å². The van der Waals surface area contributed by atoms with Gasteiger partial charge in [0.2, 0.25) is 0 Å². The SMILES string of the molecule is Cc1cc(C)cc(OCC(=O)Nc2cccc(C(=O)N3CCN(C)CC3)c2)c1. The zero-order valence-electron chi connectivity index (χ0n) is 16.7. The van der Waals surface area contributed by atoms with Gasteiger partial charge in [0.1, 0.15) is 5.75 Å². The van der Waals surface area contributed by atoms with Crippen LogP contribution in [-0.2, 0) is 4.79 Å². The molecule has 1 heterocycles. The van der Waals surface area contributed by atoms with Crippen LogP contribution in [0.15, 0.2) is 42.5 Å². The Balaban J connectivity index is 1.57. The van der Waals surface area contributed by atoms with E-state index >= 15 is 0 Å². The second kappa shape index (κ2) is 8.89. The van der Waals surface area contributed by atoms with E-state index in [9.17, 15) is 9.59 Å². The van der Waals surface area contributed by atoms with Gasteiger partial charge in [-0.3, -0.25) is 9.59 Å². The molecule has 1 fully saturated rings. The van der Waals surface area contributed by atoms with Crippen LogP contribution in [-0.4, -0.2) is 61.4 Å². The molecule has 0 radical (unpaired) electrons. The van der Waals surface area contributed by atoms with E-state index in [2.05, 4.69) is 23.3 Å². The predicted molar refractivity (Wildman–Crippen MR) is 110 cm³/mol. The van der Waals surface area contributed by atoms with Crippen LogP contribution < -0.4 is 10.1 Å². The Morgan fingerprint density at radius 2 is 1.68 bits per heavy atom. The summed E-state index contributed by atoms with van der Waals surface area (Å²) in [7, 11) is 2.05. The van der Waals surface area contributed by atoms with Crippen molar-refractivity contribution in [2.24, 2.45) is 0 Å². The van der Waals surface area contributed by atoms with E-state index in [-0.39, 0.29) is 18.4 Å². The maximum absolute atomic E-state index is 12.7. The van der Waals surface area contributed by atoms with Crippen LogP contribution in [0.3, 0.4) is 0 Å². The summed E-state index contributed by atoms with van der Waals surface area (Å²) in [4.78, 5) is 29.0. The van der Waals surface area contributed by atoms with Crippen molar-refractivity contribution >= 4 is 17.5 Å². The van der Waals surface area contributed by atoms with Gasteiger partial charge < -0.3 is 19.9 Å². The van der Waals surface area contributed by atoms with Crippen molar-refractivity contribution in [3.8, 4) is 5.75 Å². The maximum atomic E-state index is 12.7. The third-order valence-electron chi connectivity index (χ3n) is 4.75. The number of anilines is 1. The first-order valence-corrected chi connectivity index (χ1v) is 9.49. The maximum Gasteiger partial charge on any atom is 0.262 e. The lowest BCUT2D eigenvalue weighted by molar-refractivity contribution is -0.118. The third-order valence-corrected chi connectivity index (χ3v) is 4.75. The molecule has 28 heavy (non-hydrogen) atoms. The predicted octanol–water partition coefficient (Wildman–Crippen LogP) is 2.71. The molecule has 1 aliphatic rings. The highest BCUT2D eigenvalue weighted by molar-refractivity contribution is 5.97. The largest absolute Gasteiger partial charge is 0.484 e. The van der Waals surface area contributed by atoms with Crippen molar-refractivity contribution in [3.63, 3.8) is 0 Å². The second-order valence-corrected chi connectivity index (χ2v) is 7.34. The van der Waals surface area contributed by atoms with Gasteiger partial charge in [0.05, 0.1) is 0 Å². The quantitative estimate of drug-likeness (QED) is 0.865. The lowest BCUT2D eigenvalue weighted by Crippen LogP contribution is -2.47. The van der Waals surface area contributed by atoms with Gasteiger partial charge >= 0.3 is 0 Å². The number of nitrogens with zero attached hydrogens (tertiary/aromatic N) is 2. The van der Waals surface area contributed by atoms with Gasteiger partial charge in [0, 0.05) is 37.4 Å². The number of aryl methyl sites for hydroxylation is 2. The minimum absolute atomic E-state index is 0.00400. The lowest BCUT2D eigenvalue weighted by atomic mass is 10.1. The molecular formula is C22H27N3O3. The molecule has 1 aliphatic heterocycles.